The first kappa shape index (κ1) is 18.4. The summed E-state index contributed by atoms with van der Waals surface area (Å²) in [4.78, 5) is 13.2. The Labute approximate surface area is 128 Å². The molecule has 1 fully saturated rings. The molecule has 21 heavy (non-hydrogen) atoms. The van der Waals surface area contributed by atoms with Crippen molar-refractivity contribution in [3.05, 3.63) is 0 Å². The van der Waals surface area contributed by atoms with Crippen molar-refractivity contribution in [3.8, 4) is 0 Å². The minimum Gasteiger partial charge on any atom is -0.390 e. The van der Waals surface area contributed by atoms with Crippen LogP contribution in [0.1, 0.15) is 58.8 Å². The molecule has 1 rings (SSSR count). The molecule has 5 heteroatoms. The van der Waals surface area contributed by atoms with Gasteiger partial charge in [-0.2, -0.15) is 0 Å². The minimum atomic E-state index is -0.692. The van der Waals surface area contributed by atoms with Gasteiger partial charge in [0.25, 0.3) is 0 Å². The molecule has 0 aromatic carbocycles. The highest BCUT2D eigenvalue weighted by atomic mass is 16.3. The highest BCUT2D eigenvalue weighted by molar-refractivity contribution is 5.73. The lowest BCUT2D eigenvalue weighted by atomic mass is 9.98. The van der Waals surface area contributed by atoms with E-state index in [9.17, 15) is 15.0 Å². The quantitative estimate of drug-likeness (QED) is 0.561. The lowest BCUT2D eigenvalue weighted by molar-refractivity contribution is -0.123. The molecule has 0 spiro atoms. The van der Waals surface area contributed by atoms with E-state index in [2.05, 4.69) is 17.1 Å². The molecule has 1 unspecified atom stereocenters. The van der Waals surface area contributed by atoms with Gasteiger partial charge in [-0.1, -0.05) is 45.4 Å². The Morgan fingerprint density at radius 3 is 2.10 bits per heavy atom. The van der Waals surface area contributed by atoms with E-state index in [-0.39, 0.29) is 5.91 Å². The molecular weight excluding hydrogens is 268 g/mol. The number of amides is 1. The van der Waals surface area contributed by atoms with E-state index in [1.165, 1.54) is 45.4 Å². The average Bonchev–Trinajstić information content (AvgIpc) is 2.42. The molecule has 124 valence electrons. The van der Waals surface area contributed by atoms with E-state index < -0.39 is 18.2 Å². The summed E-state index contributed by atoms with van der Waals surface area (Å²) in [6.07, 6.45) is 7.45. The topological polar surface area (TPSA) is 72.8 Å². The monoisotopic (exact) mass is 300 g/mol. The second-order valence-corrected chi connectivity index (χ2v) is 6.24. The van der Waals surface area contributed by atoms with Gasteiger partial charge in [0.1, 0.15) is 0 Å². The van der Waals surface area contributed by atoms with E-state index in [0.717, 1.165) is 13.0 Å². The van der Waals surface area contributed by atoms with Crippen LogP contribution in [0.25, 0.3) is 0 Å². The predicted octanol–water partition coefficient (Wildman–Crippen LogP) is 1.28. The van der Waals surface area contributed by atoms with Gasteiger partial charge in [-0.05, 0) is 13.0 Å². The largest absolute Gasteiger partial charge is 0.390 e. The Morgan fingerprint density at radius 1 is 1.05 bits per heavy atom. The number of β-amino-alcohol motifs (C(OH)–C–C–N with tert-alkyl or cyclic N) is 2. The summed E-state index contributed by atoms with van der Waals surface area (Å²) in [6, 6.07) is -0.534. The number of carbonyl (C=O) groups is 1. The van der Waals surface area contributed by atoms with Crippen LogP contribution < -0.4 is 5.32 Å². The first-order valence-corrected chi connectivity index (χ1v) is 8.40. The van der Waals surface area contributed by atoms with Crippen LogP contribution in [-0.2, 0) is 4.79 Å². The molecule has 0 aliphatic carbocycles. The van der Waals surface area contributed by atoms with Gasteiger partial charge in [0.15, 0.2) is 0 Å². The van der Waals surface area contributed by atoms with E-state index in [0.29, 0.717) is 13.1 Å². The molecule has 5 nitrogen and oxygen atoms in total. The molecule has 0 aromatic heterocycles. The fourth-order valence-electron chi connectivity index (χ4n) is 2.99. The molecule has 3 atom stereocenters. The third kappa shape index (κ3) is 7.25. The van der Waals surface area contributed by atoms with Gasteiger partial charge >= 0.3 is 0 Å². The number of hydrogen-bond acceptors (Lipinski definition) is 4. The molecule has 0 radical (unpaired) electrons. The van der Waals surface area contributed by atoms with Gasteiger partial charge < -0.3 is 15.5 Å². The summed E-state index contributed by atoms with van der Waals surface area (Å²) < 4.78 is 0. The van der Waals surface area contributed by atoms with E-state index in [1.807, 2.05) is 0 Å². The van der Waals surface area contributed by atoms with Gasteiger partial charge in [-0.3, -0.25) is 9.69 Å². The van der Waals surface area contributed by atoms with Crippen LogP contribution in [0.5, 0.6) is 0 Å². The number of carbonyl (C=O) groups excluding carboxylic acids is 1. The van der Waals surface area contributed by atoms with Crippen molar-refractivity contribution in [1.82, 2.24) is 10.2 Å². The molecule has 3 N–H and O–H groups in total. The number of nitrogens with one attached hydrogen (secondary N) is 1. The SMILES string of the molecule is CCCCCCCCCN1C[C@@H](O)C(NC(C)=O)[C@@H](O)C1. The van der Waals surface area contributed by atoms with Crippen molar-refractivity contribution in [2.24, 2.45) is 0 Å². The second kappa shape index (κ2) is 10.1. The number of piperidine rings is 1. The molecule has 1 aliphatic rings. The molecule has 1 heterocycles. The Morgan fingerprint density at radius 2 is 1.57 bits per heavy atom. The standard InChI is InChI=1S/C16H32N2O3/c1-3-4-5-6-7-8-9-10-18-11-14(20)16(15(21)12-18)17-13(2)19/h14-16,20-21H,3-12H2,1-2H3,(H,17,19)/t14-,15+,16?. The maximum absolute atomic E-state index is 11.1. The molecule has 1 aliphatic heterocycles. The average molecular weight is 300 g/mol. The van der Waals surface area contributed by atoms with Gasteiger partial charge in [-0.15, -0.1) is 0 Å². The first-order valence-electron chi connectivity index (χ1n) is 8.40. The Kier molecular flexibility index (Phi) is 8.88. The van der Waals surface area contributed by atoms with Crippen LogP contribution in [0.4, 0.5) is 0 Å². The highest BCUT2D eigenvalue weighted by Crippen LogP contribution is 2.14. The summed E-state index contributed by atoms with van der Waals surface area (Å²) >= 11 is 0. The lowest BCUT2D eigenvalue weighted by Gasteiger charge is -2.39. The van der Waals surface area contributed by atoms with Crippen LogP contribution in [0.15, 0.2) is 0 Å². The van der Waals surface area contributed by atoms with E-state index >= 15 is 0 Å². The Balaban J connectivity index is 2.16. The fraction of sp³-hybridized carbons (Fsp3) is 0.938. The van der Waals surface area contributed by atoms with Gasteiger partial charge in [0, 0.05) is 20.0 Å². The van der Waals surface area contributed by atoms with Gasteiger partial charge in [0.05, 0.1) is 18.2 Å². The molecule has 0 saturated carbocycles. The van der Waals surface area contributed by atoms with Gasteiger partial charge in [-0.25, -0.2) is 0 Å². The zero-order valence-corrected chi connectivity index (χ0v) is 13.6. The van der Waals surface area contributed by atoms with Crippen molar-refractivity contribution in [3.63, 3.8) is 0 Å². The van der Waals surface area contributed by atoms with Crippen molar-refractivity contribution in [2.45, 2.75) is 77.0 Å². The summed E-state index contributed by atoms with van der Waals surface area (Å²) in [5.41, 5.74) is 0. The number of nitrogens with zero attached hydrogens (tertiary/aromatic N) is 1. The van der Waals surface area contributed by atoms with Crippen LogP contribution in [0, 0.1) is 0 Å². The molecular formula is C16H32N2O3. The van der Waals surface area contributed by atoms with Crippen LogP contribution in [0.3, 0.4) is 0 Å². The number of aliphatic hydroxyl groups excluding tert-OH is 2. The van der Waals surface area contributed by atoms with E-state index in [4.69, 9.17) is 0 Å². The van der Waals surface area contributed by atoms with E-state index in [1.54, 1.807) is 0 Å². The second-order valence-electron chi connectivity index (χ2n) is 6.24. The van der Waals surface area contributed by atoms with Crippen molar-refractivity contribution >= 4 is 5.91 Å². The summed E-state index contributed by atoms with van der Waals surface area (Å²) in [6.45, 7) is 5.59. The minimum absolute atomic E-state index is 0.210. The summed E-state index contributed by atoms with van der Waals surface area (Å²) in [5, 5.41) is 22.7. The zero-order valence-electron chi connectivity index (χ0n) is 13.6. The summed E-state index contributed by atoms with van der Waals surface area (Å²) in [7, 11) is 0. The van der Waals surface area contributed by atoms with Gasteiger partial charge in [0.2, 0.25) is 5.91 Å². The molecule has 1 amide bonds. The number of rotatable bonds is 9. The Bertz CT molecular complexity index is 287. The van der Waals surface area contributed by atoms with Crippen molar-refractivity contribution < 1.29 is 15.0 Å². The van der Waals surface area contributed by atoms with Crippen LogP contribution in [-0.4, -0.2) is 58.9 Å². The number of likely N-dealkylation sites (tertiary alicyclic amines) is 1. The molecule has 0 aromatic rings. The van der Waals surface area contributed by atoms with Crippen molar-refractivity contribution in [1.29, 1.82) is 0 Å². The third-order valence-corrected chi connectivity index (χ3v) is 4.17. The first-order chi connectivity index (χ1) is 10.0. The van der Waals surface area contributed by atoms with Crippen LogP contribution in [0.2, 0.25) is 0 Å². The number of hydrogen-bond donors (Lipinski definition) is 3. The van der Waals surface area contributed by atoms with Crippen LogP contribution >= 0.6 is 0 Å². The number of unbranched alkanes of at least 4 members (excludes halogenated alkanes) is 6. The zero-order chi connectivity index (χ0) is 15.7. The lowest BCUT2D eigenvalue weighted by Crippen LogP contribution is -2.61. The maximum atomic E-state index is 11.1. The highest BCUT2D eigenvalue weighted by Gasteiger charge is 2.34. The van der Waals surface area contributed by atoms with Crippen molar-refractivity contribution in [2.75, 3.05) is 19.6 Å². The normalized spacial score (nSPS) is 26.8. The number of aliphatic hydroxyl groups is 2. The molecule has 1 saturated heterocycles. The fourth-order valence-corrected chi connectivity index (χ4v) is 2.99. The Hall–Kier alpha value is -0.650. The summed E-state index contributed by atoms with van der Waals surface area (Å²) in [5.74, 6) is -0.210. The predicted molar refractivity (Wildman–Crippen MR) is 84.1 cm³/mol. The smallest absolute Gasteiger partial charge is 0.217 e. The maximum Gasteiger partial charge on any atom is 0.217 e. The molecule has 0 bridgehead atoms. The third-order valence-electron chi connectivity index (χ3n) is 4.17.